The zero-order valence-electron chi connectivity index (χ0n) is 12.2. The van der Waals surface area contributed by atoms with E-state index in [1.807, 2.05) is 0 Å². The van der Waals surface area contributed by atoms with Crippen LogP contribution in [0.4, 0.5) is 5.69 Å². The molecular weight excluding hydrogens is 270 g/mol. The summed E-state index contributed by atoms with van der Waals surface area (Å²) in [6.45, 7) is 0.323. The normalized spacial score (nSPS) is 19.2. The number of ether oxygens (including phenoxy) is 2. The van der Waals surface area contributed by atoms with E-state index in [4.69, 9.17) is 4.74 Å². The van der Waals surface area contributed by atoms with Gasteiger partial charge in [-0.1, -0.05) is 25.0 Å². The third-order valence-corrected chi connectivity index (χ3v) is 3.14. The van der Waals surface area contributed by atoms with E-state index in [-0.39, 0.29) is 0 Å². The topological polar surface area (TPSA) is 65.0 Å². The highest BCUT2D eigenvalue weighted by Crippen LogP contribution is 2.16. The molecule has 1 aliphatic carbocycles. The van der Waals surface area contributed by atoms with E-state index in [9.17, 15) is 9.70 Å². The predicted molar refractivity (Wildman–Crippen MR) is 81.6 cm³/mol. The maximum atomic E-state index is 9.92. The number of hydrogen-bond donors (Lipinski definition) is 0. The maximum Gasteiger partial charge on any atom is 0.298 e. The number of hydrogen-bond acceptors (Lipinski definition) is 5. The van der Waals surface area contributed by atoms with Gasteiger partial charge < -0.3 is 9.47 Å². The van der Waals surface area contributed by atoms with Crippen molar-refractivity contribution in [3.05, 3.63) is 41.3 Å². The molecule has 0 N–H and O–H groups in total. The zero-order valence-corrected chi connectivity index (χ0v) is 12.2. The number of benzene rings is 1. The third kappa shape index (κ3) is 7.37. The summed E-state index contributed by atoms with van der Waals surface area (Å²) in [6.07, 6.45) is 11.3. The second-order valence-electron chi connectivity index (χ2n) is 4.64. The highest BCUT2D eigenvalue weighted by Gasteiger charge is 2.03. The lowest BCUT2D eigenvalue weighted by Gasteiger charge is -2.12. The van der Waals surface area contributed by atoms with Crippen LogP contribution in [0.25, 0.3) is 0 Å². The van der Waals surface area contributed by atoms with Gasteiger partial charge in [-0.15, -0.1) is 4.91 Å². The molecule has 2 rings (SSSR count). The molecule has 0 amide bonds. The van der Waals surface area contributed by atoms with Crippen LogP contribution in [0.2, 0.25) is 0 Å². The third-order valence-electron chi connectivity index (χ3n) is 3.14. The van der Waals surface area contributed by atoms with Gasteiger partial charge >= 0.3 is 0 Å². The molecule has 1 unspecified atom stereocenters. The number of allylic oxidation sites excluding steroid dienone is 1. The maximum absolute atomic E-state index is 9.92. The Morgan fingerprint density at radius 2 is 1.95 bits per heavy atom. The fourth-order valence-electron chi connectivity index (χ4n) is 1.97. The van der Waals surface area contributed by atoms with E-state index in [0.29, 0.717) is 24.0 Å². The molecule has 0 bridgehead atoms. The van der Waals surface area contributed by atoms with Crippen LogP contribution in [0.1, 0.15) is 32.1 Å². The number of carbonyl (C=O) groups is 1. The molecule has 1 aromatic rings. The molecule has 114 valence electrons. The largest absolute Gasteiger partial charge is 0.429 e. The molecule has 5 heteroatoms. The Hall–Kier alpha value is -2.01. The van der Waals surface area contributed by atoms with Crippen LogP contribution in [-0.2, 0) is 9.53 Å². The number of methoxy groups -OCH3 is 1. The second-order valence-corrected chi connectivity index (χ2v) is 4.64. The minimum absolute atomic E-state index is 0.309. The van der Waals surface area contributed by atoms with Crippen LogP contribution in [-0.4, -0.2) is 19.7 Å². The van der Waals surface area contributed by atoms with Crippen molar-refractivity contribution in [2.24, 2.45) is 5.18 Å². The van der Waals surface area contributed by atoms with Gasteiger partial charge in [0.1, 0.15) is 11.4 Å². The molecule has 1 aromatic carbocycles. The van der Waals surface area contributed by atoms with Crippen LogP contribution in [0.5, 0.6) is 5.75 Å². The quantitative estimate of drug-likeness (QED) is 0.475. The van der Waals surface area contributed by atoms with Crippen molar-refractivity contribution in [1.82, 2.24) is 0 Å². The highest BCUT2D eigenvalue weighted by molar-refractivity contribution is 5.48. The van der Waals surface area contributed by atoms with Crippen LogP contribution >= 0.6 is 0 Å². The summed E-state index contributed by atoms with van der Waals surface area (Å²) in [6, 6.07) is 5.91. The molecule has 1 aliphatic rings. The summed E-state index contributed by atoms with van der Waals surface area (Å²) in [7, 11) is 1.79. The molecule has 0 saturated heterocycles. The fourth-order valence-corrected chi connectivity index (χ4v) is 1.97. The predicted octanol–water partition coefficient (Wildman–Crippen LogP) is 4.14. The summed E-state index contributed by atoms with van der Waals surface area (Å²) in [5.74, 6) is 0.396. The lowest BCUT2D eigenvalue weighted by atomic mass is 10.0. The Kier molecular flexibility index (Phi) is 8.72. The van der Waals surface area contributed by atoms with E-state index in [2.05, 4.69) is 22.1 Å². The molecule has 0 fully saturated rings. The summed E-state index contributed by atoms with van der Waals surface area (Å²) >= 11 is 0. The molecule has 5 nitrogen and oxygen atoms in total. The van der Waals surface area contributed by atoms with Crippen LogP contribution in [0, 0.1) is 4.91 Å². The van der Waals surface area contributed by atoms with E-state index >= 15 is 0 Å². The van der Waals surface area contributed by atoms with Crippen molar-refractivity contribution in [3.8, 4) is 5.75 Å². The molecule has 1 atom stereocenters. The van der Waals surface area contributed by atoms with Gasteiger partial charge in [0.15, 0.2) is 0 Å². The van der Waals surface area contributed by atoms with Crippen molar-refractivity contribution in [3.63, 3.8) is 0 Å². The fraction of sp³-hybridized carbons (Fsp3) is 0.438. The summed E-state index contributed by atoms with van der Waals surface area (Å²) in [4.78, 5) is 19.7. The summed E-state index contributed by atoms with van der Waals surface area (Å²) < 4.78 is 9.72. The molecular formula is C16H21NO4. The molecule has 0 radical (unpaired) electrons. The van der Waals surface area contributed by atoms with Crippen molar-refractivity contribution in [1.29, 1.82) is 0 Å². The van der Waals surface area contributed by atoms with Gasteiger partial charge in [0.25, 0.3) is 6.47 Å². The molecule has 21 heavy (non-hydrogen) atoms. The SMILES string of the molecule is COC1/C=C\CCCCC1.O=COc1ccc(N=O)cc1. The Labute approximate surface area is 124 Å². The first-order valence-electron chi connectivity index (χ1n) is 7.03. The second kappa shape index (κ2) is 10.7. The Morgan fingerprint density at radius 1 is 1.19 bits per heavy atom. The Balaban J connectivity index is 0.000000211. The number of nitroso groups, excluding NO2 is 1. The first-order chi connectivity index (χ1) is 10.3. The number of carbonyl (C=O) groups excluding carboxylic acids is 1. The Morgan fingerprint density at radius 3 is 2.57 bits per heavy atom. The van der Waals surface area contributed by atoms with Crippen LogP contribution in [0.3, 0.4) is 0 Å². The van der Waals surface area contributed by atoms with E-state index in [1.165, 1.54) is 56.4 Å². The van der Waals surface area contributed by atoms with Gasteiger partial charge in [-0.3, -0.25) is 4.79 Å². The summed E-state index contributed by atoms with van der Waals surface area (Å²) in [5.41, 5.74) is 0.309. The van der Waals surface area contributed by atoms with Crippen molar-refractivity contribution < 1.29 is 14.3 Å². The minimum atomic E-state index is 0.309. The van der Waals surface area contributed by atoms with E-state index in [1.54, 1.807) is 7.11 Å². The minimum Gasteiger partial charge on any atom is -0.429 e. The van der Waals surface area contributed by atoms with Crippen molar-refractivity contribution >= 4 is 12.2 Å². The van der Waals surface area contributed by atoms with Gasteiger partial charge in [-0.25, -0.2) is 0 Å². The number of rotatable bonds is 4. The lowest BCUT2D eigenvalue weighted by Crippen LogP contribution is -2.07. The average Bonchev–Trinajstić information content (AvgIpc) is 2.49. The van der Waals surface area contributed by atoms with Crippen LogP contribution < -0.4 is 4.74 Å². The molecule has 0 saturated carbocycles. The van der Waals surface area contributed by atoms with Crippen molar-refractivity contribution in [2.75, 3.05) is 7.11 Å². The van der Waals surface area contributed by atoms with Crippen LogP contribution in [0.15, 0.2) is 41.6 Å². The van der Waals surface area contributed by atoms with Crippen molar-refractivity contribution in [2.45, 2.75) is 38.2 Å². The zero-order chi connectivity index (χ0) is 15.3. The molecule has 0 aromatic heterocycles. The number of nitrogens with zero attached hydrogens (tertiary/aromatic N) is 1. The van der Waals surface area contributed by atoms with Gasteiger partial charge in [0.2, 0.25) is 0 Å². The van der Waals surface area contributed by atoms with E-state index < -0.39 is 0 Å². The first-order valence-corrected chi connectivity index (χ1v) is 7.03. The molecule has 0 aliphatic heterocycles. The summed E-state index contributed by atoms with van der Waals surface area (Å²) in [5, 5.41) is 2.68. The molecule has 0 heterocycles. The Bertz CT molecular complexity index is 442. The highest BCUT2D eigenvalue weighted by atomic mass is 16.5. The average molecular weight is 291 g/mol. The van der Waals surface area contributed by atoms with Gasteiger partial charge in [-0.05, 0) is 48.7 Å². The lowest BCUT2D eigenvalue weighted by molar-refractivity contribution is -0.120. The first kappa shape index (κ1) is 17.0. The molecule has 0 spiro atoms. The van der Waals surface area contributed by atoms with Gasteiger partial charge in [0, 0.05) is 7.11 Å². The standard InChI is InChI=1S/C9H16O.C7H5NO3/c1-10-9-7-5-3-2-4-6-8-9;9-5-11-7-3-1-6(8-10)2-4-7/h5,7,9H,2-4,6,8H2,1H3;1-5H/b7-5-;. The van der Waals surface area contributed by atoms with E-state index in [0.717, 1.165) is 0 Å². The monoisotopic (exact) mass is 291 g/mol. The smallest absolute Gasteiger partial charge is 0.298 e. The van der Waals surface area contributed by atoms with Gasteiger partial charge in [0.05, 0.1) is 6.10 Å². The van der Waals surface area contributed by atoms with Gasteiger partial charge in [-0.2, -0.15) is 0 Å².